The molecule has 0 heteroatoms. The standard InChI is InChI=1S/C12H16.C2H6/c1-3-7-11(8-4-2)12-9-5-6-10-12;1-2/h3,5,7,9-10H,1,4,6,8H2,2H3;1-2H3/b11-7+;. The average Bonchev–Trinajstić information content (AvgIpc) is 2.73. The lowest BCUT2D eigenvalue weighted by atomic mass is 10.0. The minimum Gasteiger partial charge on any atom is -0.0991 e. The Labute approximate surface area is 88.7 Å². The predicted octanol–water partition coefficient (Wildman–Crippen LogP) is 4.81. The second-order valence-corrected chi connectivity index (χ2v) is 2.98. The van der Waals surface area contributed by atoms with Crippen LogP contribution < -0.4 is 0 Å². The van der Waals surface area contributed by atoms with E-state index in [1.807, 2.05) is 19.9 Å². The Morgan fingerprint density at radius 2 is 2.21 bits per heavy atom. The fraction of sp³-hybridized carbons (Fsp3) is 0.429. The van der Waals surface area contributed by atoms with Crippen molar-refractivity contribution < 1.29 is 0 Å². The monoisotopic (exact) mass is 190 g/mol. The highest BCUT2D eigenvalue weighted by molar-refractivity contribution is 5.44. The van der Waals surface area contributed by atoms with Crippen LogP contribution in [-0.4, -0.2) is 0 Å². The van der Waals surface area contributed by atoms with Crippen molar-refractivity contribution in [1.82, 2.24) is 0 Å². The van der Waals surface area contributed by atoms with Gasteiger partial charge in [-0.25, -0.2) is 0 Å². The van der Waals surface area contributed by atoms with E-state index in [1.165, 1.54) is 17.6 Å². The second kappa shape index (κ2) is 8.55. The summed E-state index contributed by atoms with van der Waals surface area (Å²) in [6.45, 7) is 9.93. The first-order valence-corrected chi connectivity index (χ1v) is 5.57. The molecule has 1 rings (SSSR count). The number of rotatable bonds is 4. The molecule has 0 spiro atoms. The van der Waals surface area contributed by atoms with Crippen molar-refractivity contribution in [2.24, 2.45) is 0 Å². The quantitative estimate of drug-likeness (QED) is 0.558. The first-order valence-electron chi connectivity index (χ1n) is 5.57. The Hall–Kier alpha value is -1.04. The summed E-state index contributed by atoms with van der Waals surface area (Å²) in [6.07, 6.45) is 14.1. The van der Waals surface area contributed by atoms with Crippen LogP contribution in [-0.2, 0) is 0 Å². The van der Waals surface area contributed by atoms with Crippen LogP contribution in [0.2, 0.25) is 0 Å². The highest BCUT2D eigenvalue weighted by Crippen LogP contribution is 2.21. The van der Waals surface area contributed by atoms with Crippen molar-refractivity contribution >= 4 is 0 Å². The molecule has 0 aromatic carbocycles. The van der Waals surface area contributed by atoms with E-state index >= 15 is 0 Å². The van der Waals surface area contributed by atoms with Crippen LogP contribution in [0.4, 0.5) is 0 Å². The van der Waals surface area contributed by atoms with Gasteiger partial charge in [0.15, 0.2) is 0 Å². The number of hydrogen-bond donors (Lipinski definition) is 0. The fourth-order valence-electron chi connectivity index (χ4n) is 1.43. The van der Waals surface area contributed by atoms with Crippen molar-refractivity contribution in [2.45, 2.75) is 40.0 Å². The Kier molecular flexibility index (Phi) is 7.92. The molecular formula is C14H22. The highest BCUT2D eigenvalue weighted by atomic mass is 14.1. The van der Waals surface area contributed by atoms with E-state index in [9.17, 15) is 0 Å². The van der Waals surface area contributed by atoms with Crippen LogP contribution in [0.15, 0.2) is 48.1 Å². The molecule has 0 atom stereocenters. The minimum absolute atomic E-state index is 1.09. The van der Waals surface area contributed by atoms with Gasteiger partial charge in [0.05, 0.1) is 0 Å². The zero-order chi connectivity index (χ0) is 10.8. The van der Waals surface area contributed by atoms with Crippen LogP contribution >= 0.6 is 0 Å². The summed E-state index contributed by atoms with van der Waals surface area (Å²) < 4.78 is 0. The first kappa shape index (κ1) is 13.0. The zero-order valence-corrected chi connectivity index (χ0v) is 9.72. The smallest absolute Gasteiger partial charge is 0.0157 e. The van der Waals surface area contributed by atoms with Gasteiger partial charge in [-0.3, -0.25) is 0 Å². The van der Waals surface area contributed by atoms with Crippen LogP contribution in [0, 0.1) is 0 Å². The zero-order valence-electron chi connectivity index (χ0n) is 9.72. The molecule has 0 saturated carbocycles. The topological polar surface area (TPSA) is 0 Å². The van der Waals surface area contributed by atoms with Crippen LogP contribution in [0.25, 0.3) is 0 Å². The van der Waals surface area contributed by atoms with Gasteiger partial charge < -0.3 is 0 Å². The lowest BCUT2D eigenvalue weighted by Crippen LogP contribution is -1.84. The molecule has 0 heterocycles. The molecular weight excluding hydrogens is 168 g/mol. The third-order valence-corrected chi connectivity index (χ3v) is 1.98. The molecule has 0 saturated heterocycles. The number of allylic oxidation sites excluding steroid dienone is 7. The summed E-state index contributed by atoms with van der Waals surface area (Å²) in [6, 6.07) is 0. The molecule has 0 N–H and O–H groups in total. The maximum absolute atomic E-state index is 3.73. The molecule has 0 fully saturated rings. The molecule has 0 nitrogen and oxygen atoms in total. The van der Waals surface area contributed by atoms with E-state index in [-0.39, 0.29) is 0 Å². The molecule has 14 heavy (non-hydrogen) atoms. The Bertz CT molecular complexity index is 239. The van der Waals surface area contributed by atoms with Gasteiger partial charge in [-0.15, -0.1) is 0 Å². The minimum atomic E-state index is 1.09. The average molecular weight is 190 g/mol. The molecule has 0 amide bonds. The summed E-state index contributed by atoms with van der Waals surface area (Å²) in [7, 11) is 0. The van der Waals surface area contributed by atoms with Gasteiger partial charge in [0.2, 0.25) is 0 Å². The van der Waals surface area contributed by atoms with E-state index in [1.54, 1.807) is 0 Å². The molecule has 0 aliphatic heterocycles. The largest absolute Gasteiger partial charge is 0.0991 e. The van der Waals surface area contributed by atoms with Crippen LogP contribution in [0.1, 0.15) is 40.0 Å². The molecule has 1 aliphatic carbocycles. The van der Waals surface area contributed by atoms with Gasteiger partial charge in [0.25, 0.3) is 0 Å². The van der Waals surface area contributed by atoms with Gasteiger partial charge in [0.1, 0.15) is 0 Å². The molecule has 0 bridgehead atoms. The fourth-order valence-corrected chi connectivity index (χ4v) is 1.43. The molecule has 1 aliphatic rings. The van der Waals surface area contributed by atoms with E-state index in [2.05, 4.69) is 37.8 Å². The Morgan fingerprint density at radius 3 is 2.64 bits per heavy atom. The summed E-state index contributed by atoms with van der Waals surface area (Å²) >= 11 is 0. The van der Waals surface area contributed by atoms with E-state index in [4.69, 9.17) is 0 Å². The maximum Gasteiger partial charge on any atom is -0.0157 e. The summed E-state index contributed by atoms with van der Waals surface area (Å²) in [5.41, 5.74) is 2.80. The summed E-state index contributed by atoms with van der Waals surface area (Å²) in [5.74, 6) is 0. The summed E-state index contributed by atoms with van der Waals surface area (Å²) in [5, 5.41) is 0. The molecule has 0 aromatic heterocycles. The highest BCUT2D eigenvalue weighted by Gasteiger charge is 2.02. The number of hydrogen-bond acceptors (Lipinski definition) is 0. The molecule has 0 unspecified atom stereocenters. The molecule has 78 valence electrons. The maximum atomic E-state index is 3.73. The van der Waals surface area contributed by atoms with Crippen LogP contribution in [0.5, 0.6) is 0 Å². The van der Waals surface area contributed by atoms with Gasteiger partial charge in [-0.05, 0) is 24.0 Å². The molecule has 0 radical (unpaired) electrons. The second-order valence-electron chi connectivity index (χ2n) is 2.98. The molecule has 0 aromatic rings. The first-order chi connectivity index (χ1) is 6.88. The van der Waals surface area contributed by atoms with Crippen LogP contribution in [0.3, 0.4) is 0 Å². The Morgan fingerprint density at radius 1 is 1.50 bits per heavy atom. The van der Waals surface area contributed by atoms with Gasteiger partial charge in [-0.1, -0.05) is 64.2 Å². The Balaban J connectivity index is 0.000000791. The van der Waals surface area contributed by atoms with E-state index in [0.717, 1.165) is 12.8 Å². The van der Waals surface area contributed by atoms with Crippen molar-refractivity contribution in [3.05, 3.63) is 48.1 Å². The van der Waals surface area contributed by atoms with Crippen molar-refractivity contribution in [1.29, 1.82) is 0 Å². The van der Waals surface area contributed by atoms with Crippen molar-refractivity contribution in [3.8, 4) is 0 Å². The third kappa shape index (κ3) is 4.27. The SMILES string of the molecule is C=C/C=C(\CCC)C1=CCC=C1.CC. The summed E-state index contributed by atoms with van der Waals surface area (Å²) in [4.78, 5) is 0. The predicted molar refractivity (Wildman–Crippen MR) is 66.4 cm³/mol. The van der Waals surface area contributed by atoms with Crippen molar-refractivity contribution in [2.75, 3.05) is 0 Å². The third-order valence-electron chi connectivity index (χ3n) is 1.98. The van der Waals surface area contributed by atoms with E-state index < -0.39 is 0 Å². The van der Waals surface area contributed by atoms with E-state index in [0.29, 0.717) is 0 Å². The van der Waals surface area contributed by atoms with Gasteiger partial charge in [-0.2, -0.15) is 0 Å². The van der Waals surface area contributed by atoms with Gasteiger partial charge >= 0.3 is 0 Å². The van der Waals surface area contributed by atoms with Crippen molar-refractivity contribution in [3.63, 3.8) is 0 Å². The van der Waals surface area contributed by atoms with Gasteiger partial charge in [0, 0.05) is 0 Å². The lowest BCUT2D eigenvalue weighted by Gasteiger charge is -2.03. The normalized spacial score (nSPS) is 14.5. The lowest BCUT2D eigenvalue weighted by molar-refractivity contribution is 0.918.